The van der Waals surface area contributed by atoms with Gasteiger partial charge in [0.25, 0.3) is 5.91 Å². The third kappa shape index (κ3) is 4.54. The number of hydrogen-bond acceptors (Lipinski definition) is 3. The maximum absolute atomic E-state index is 11.5. The van der Waals surface area contributed by atoms with Crippen LogP contribution in [0.1, 0.15) is 36.2 Å². The third-order valence-electron chi connectivity index (χ3n) is 2.49. The Labute approximate surface area is 102 Å². The predicted octanol–water partition coefficient (Wildman–Crippen LogP) is 1.85. The van der Waals surface area contributed by atoms with E-state index in [9.17, 15) is 4.79 Å². The summed E-state index contributed by atoms with van der Waals surface area (Å²) in [7, 11) is 0. The average Bonchev–Trinajstić information content (AvgIpc) is 2.34. The summed E-state index contributed by atoms with van der Waals surface area (Å²) >= 11 is 0. The van der Waals surface area contributed by atoms with E-state index in [1.807, 2.05) is 18.2 Å². The van der Waals surface area contributed by atoms with Gasteiger partial charge in [-0.25, -0.2) is 5.84 Å². The number of amides is 1. The van der Waals surface area contributed by atoms with Gasteiger partial charge in [-0.2, -0.15) is 0 Å². The van der Waals surface area contributed by atoms with Gasteiger partial charge in [-0.05, 0) is 24.0 Å². The second-order valence-electron chi connectivity index (χ2n) is 4.37. The fourth-order valence-electron chi connectivity index (χ4n) is 1.45. The number of nitrogen functional groups attached to an aromatic ring is 1. The molecular weight excluding hydrogens is 216 g/mol. The molecule has 0 spiro atoms. The second kappa shape index (κ2) is 7.04. The van der Waals surface area contributed by atoms with Gasteiger partial charge in [-0.15, -0.1) is 0 Å². The van der Waals surface area contributed by atoms with Gasteiger partial charge in [0.2, 0.25) is 0 Å². The molecule has 3 N–H and O–H groups in total. The van der Waals surface area contributed by atoms with Crippen LogP contribution in [0.4, 0.5) is 0 Å². The van der Waals surface area contributed by atoms with Crippen LogP contribution in [0.2, 0.25) is 0 Å². The number of carbonyl (C=O) groups is 1. The summed E-state index contributed by atoms with van der Waals surface area (Å²) in [6.07, 6.45) is 1.02. The second-order valence-corrected chi connectivity index (χ2v) is 4.37. The van der Waals surface area contributed by atoms with Gasteiger partial charge in [0, 0.05) is 12.2 Å². The molecule has 0 saturated heterocycles. The van der Waals surface area contributed by atoms with Crippen molar-refractivity contribution in [1.29, 1.82) is 0 Å². The molecule has 94 valence electrons. The van der Waals surface area contributed by atoms with Crippen molar-refractivity contribution in [1.82, 2.24) is 5.43 Å². The molecule has 1 amide bonds. The summed E-state index contributed by atoms with van der Waals surface area (Å²) in [5, 5.41) is 0. The van der Waals surface area contributed by atoms with Crippen molar-refractivity contribution in [2.45, 2.75) is 26.9 Å². The standard InChI is InChI=1S/C13H20N2O2/c1-10(2)7-8-17-9-11-5-3-4-6-12(11)13(16)15-14/h3-6,10H,7-9,14H2,1-2H3,(H,15,16). The topological polar surface area (TPSA) is 64.3 Å². The minimum absolute atomic E-state index is 0.284. The number of nitrogens with two attached hydrogens (primary N) is 1. The van der Waals surface area contributed by atoms with Gasteiger partial charge < -0.3 is 4.74 Å². The Kier molecular flexibility index (Phi) is 5.66. The molecule has 0 fully saturated rings. The monoisotopic (exact) mass is 236 g/mol. The molecule has 0 unspecified atom stereocenters. The van der Waals surface area contributed by atoms with E-state index in [0.717, 1.165) is 12.0 Å². The van der Waals surface area contributed by atoms with Crippen molar-refractivity contribution in [3.8, 4) is 0 Å². The van der Waals surface area contributed by atoms with E-state index >= 15 is 0 Å². The van der Waals surface area contributed by atoms with Crippen molar-refractivity contribution >= 4 is 5.91 Å². The van der Waals surface area contributed by atoms with Crippen LogP contribution in [0, 0.1) is 5.92 Å². The van der Waals surface area contributed by atoms with Crippen molar-refractivity contribution in [2.24, 2.45) is 11.8 Å². The molecule has 0 aromatic heterocycles. The van der Waals surface area contributed by atoms with Crippen molar-refractivity contribution in [3.63, 3.8) is 0 Å². The molecule has 0 atom stereocenters. The molecule has 17 heavy (non-hydrogen) atoms. The SMILES string of the molecule is CC(C)CCOCc1ccccc1C(=O)NN. The van der Waals surface area contributed by atoms with Crippen LogP contribution in [-0.4, -0.2) is 12.5 Å². The lowest BCUT2D eigenvalue weighted by Gasteiger charge is -2.09. The highest BCUT2D eigenvalue weighted by atomic mass is 16.5. The Morgan fingerprint density at radius 1 is 1.41 bits per heavy atom. The highest BCUT2D eigenvalue weighted by molar-refractivity contribution is 5.95. The van der Waals surface area contributed by atoms with Crippen molar-refractivity contribution in [2.75, 3.05) is 6.61 Å². The first kappa shape index (κ1) is 13.7. The molecule has 0 aliphatic carbocycles. The molecule has 0 heterocycles. The highest BCUT2D eigenvalue weighted by Crippen LogP contribution is 2.10. The molecule has 0 aliphatic heterocycles. The summed E-state index contributed by atoms with van der Waals surface area (Å²) in [6, 6.07) is 7.31. The smallest absolute Gasteiger partial charge is 0.265 e. The number of carbonyl (C=O) groups excluding carboxylic acids is 1. The number of ether oxygens (including phenoxy) is 1. The minimum atomic E-state index is -0.284. The lowest BCUT2D eigenvalue weighted by molar-refractivity contribution is 0.0932. The Morgan fingerprint density at radius 2 is 2.12 bits per heavy atom. The van der Waals surface area contributed by atoms with Crippen LogP contribution >= 0.6 is 0 Å². The lowest BCUT2D eigenvalue weighted by Crippen LogP contribution is -2.30. The first-order valence-corrected chi connectivity index (χ1v) is 5.81. The van der Waals surface area contributed by atoms with E-state index in [0.29, 0.717) is 24.7 Å². The zero-order valence-corrected chi connectivity index (χ0v) is 10.4. The molecular formula is C13H20N2O2. The van der Waals surface area contributed by atoms with Gasteiger partial charge in [-0.3, -0.25) is 10.2 Å². The van der Waals surface area contributed by atoms with Gasteiger partial charge in [0.1, 0.15) is 0 Å². The van der Waals surface area contributed by atoms with Gasteiger partial charge in [0.15, 0.2) is 0 Å². The molecule has 1 rings (SSSR count). The summed E-state index contributed by atoms with van der Waals surface area (Å²) in [6.45, 7) is 5.45. The number of nitrogens with one attached hydrogen (secondary N) is 1. The first-order valence-electron chi connectivity index (χ1n) is 5.81. The van der Waals surface area contributed by atoms with Crippen molar-refractivity contribution < 1.29 is 9.53 Å². The molecule has 4 nitrogen and oxygen atoms in total. The number of hydrogen-bond donors (Lipinski definition) is 2. The van der Waals surface area contributed by atoms with Gasteiger partial charge >= 0.3 is 0 Å². The third-order valence-corrected chi connectivity index (χ3v) is 2.49. The molecule has 1 aromatic rings. The molecule has 0 aliphatic rings. The first-order chi connectivity index (χ1) is 8.15. The Bertz CT molecular complexity index is 364. The van der Waals surface area contributed by atoms with Crippen LogP contribution in [0.15, 0.2) is 24.3 Å². The average molecular weight is 236 g/mol. The summed E-state index contributed by atoms with van der Waals surface area (Å²) < 4.78 is 5.55. The summed E-state index contributed by atoms with van der Waals surface area (Å²) in [5.74, 6) is 5.47. The Hall–Kier alpha value is -1.39. The quantitative estimate of drug-likeness (QED) is 0.343. The molecule has 0 saturated carbocycles. The molecule has 1 aromatic carbocycles. The number of hydrazine groups is 1. The lowest BCUT2D eigenvalue weighted by atomic mass is 10.1. The summed E-state index contributed by atoms with van der Waals surface area (Å²) in [4.78, 5) is 11.5. The normalized spacial score (nSPS) is 10.6. The van der Waals surface area contributed by atoms with Crippen LogP contribution in [-0.2, 0) is 11.3 Å². The van der Waals surface area contributed by atoms with Crippen LogP contribution in [0.25, 0.3) is 0 Å². The van der Waals surface area contributed by atoms with E-state index in [-0.39, 0.29) is 5.91 Å². The number of benzene rings is 1. The maximum atomic E-state index is 11.5. The van der Waals surface area contributed by atoms with E-state index in [4.69, 9.17) is 10.6 Å². The highest BCUT2D eigenvalue weighted by Gasteiger charge is 2.09. The maximum Gasteiger partial charge on any atom is 0.265 e. The van der Waals surface area contributed by atoms with Crippen molar-refractivity contribution in [3.05, 3.63) is 35.4 Å². The summed E-state index contributed by atoms with van der Waals surface area (Å²) in [5.41, 5.74) is 3.57. The fourth-order valence-corrected chi connectivity index (χ4v) is 1.45. The van der Waals surface area contributed by atoms with E-state index in [1.165, 1.54) is 0 Å². The van der Waals surface area contributed by atoms with E-state index < -0.39 is 0 Å². The van der Waals surface area contributed by atoms with Gasteiger partial charge in [-0.1, -0.05) is 32.0 Å². The van der Waals surface area contributed by atoms with E-state index in [2.05, 4.69) is 19.3 Å². The zero-order valence-electron chi connectivity index (χ0n) is 10.4. The molecule has 0 radical (unpaired) electrons. The van der Waals surface area contributed by atoms with Gasteiger partial charge in [0.05, 0.1) is 6.61 Å². The molecule has 4 heteroatoms. The minimum Gasteiger partial charge on any atom is -0.377 e. The van der Waals surface area contributed by atoms with Crippen LogP contribution < -0.4 is 11.3 Å². The Balaban J connectivity index is 2.55. The van der Waals surface area contributed by atoms with E-state index in [1.54, 1.807) is 6.07 Å². The van der Waals surface area contributed by atoms with Crippen LogP contribution in [0.3, 0.4) is 0 Å². The number of rotatable bonds is 6. The Morgan fingerprint density at radius 3 is 2.76 bits per heavy atom. The largest absolute Gasteiger partial charge is 0.377 e. The fraction of sp³-hybridized carbons (Fsp3) is 0.462. The van der Waals surface area contributed by atoms with Crippen LogP contribution in [0.5, 0.6) is 0 Å². The molecule has 0 bridgehead atoms. The predicted molar refractivity (Wildman–Crippen MR) is 67.2 cm³/mol. The zero-order chi connectivity index (χ0) is 12.7.